The van der Waals surface area contributed by atoms with Crippen LogP contribution in [0.15, 0.2) is 23.2 Å². The lowest BCUT2D eigenvalue weighted by molar-refractivity contribution is -0.0936. The van der Waals surface area contributed by atoms with Gasteiger partial charge < -0.3 is 19.3 Å². The molecule has 0 aromatic heterocycles. The second-order valence-corrected chi connectivity index (χ2v) is 3.66. The van der Waals surface area contributed by atoms with Gasteiger partial charge in [-0.15, -0.1) is 0 Å². The van der Waals surface area contributed by atoms with Gasteiger partial charge in [0.1, 0.15) is 11.3 Å². The third-order valence-electron chi connectivity index (χ3n) is 2.45. The monoisotopic (exact) mass is 267 g/mol. The summed E-state index contributed by atoms with van der Waals surface area (Å²) in [5, 5.41) is 9.68. The number of phenolic OH excluding ortho intramolecular Hbond substituents is 1. The smallest absolute Gasteiger partial charge is 0.341 e. The van der Waals surface area contributed by atoms with Gasteiger partial charge >= 0.3 is 5.97 Å². The van der Waals surface area contributed by atoms with Crippen LogP contribution in [0.25, 0.3) is 0 Å². The lowest BCUT2D eigenvalue weighted by Gasteiger charge is -2.09. The van der Waals surface area contributed by atoms with E-state index in [-0.39, 0.29) is 11.3 Å². The SMILES string of the molecule is COC(=O)c1ccc(/C=N/CC(OC)OC)cc1O. The maximum absolute atomic E-state index is 11.3. The molecule has 0 aliphatic rings. The molecule has 0 aliphatic heterocycles. The number of carbonyl (C=O) groups excluding carboxylic acids is 1. The normalized spacial score (nSPS) is 11.2. The Kier molecular flexibility index (Phi) is 5.98. The zero-order valence-electron chi connectivity index (χ0n) is 11.1. The van der Waals surface area contributed by atoms with E-state index in [1.807, 2.05) is 0 Å². The van der Waals surface area contributed by atoms with Gasteiger partial charge in [0.15, 0.2) is 6.29 Å². The number of nitrogens with zero attached hydrogens (tertiary/aromatic N) is 1. The number of rotatable bonds is 6. The number of hydrogen-bond acceptors (Lipinski definition) is 6. The lowest BCUT2D eigenvalue weighted by atomic mass is 10.1. The van der Waals surface area contributed by atoms with E-state index >= 15 is 0 Å². The quantitative estimate of drug-likeness (QED) is 0.476. The molecule has 1 N–H and O–H groups in total. The number of benzene rings is 1. The molecule has 0 spiro atoms. The zero-order chi connectivity index (χ0) is 14.3. The van der Waals surface area contributed by atoms with Crippen molar-refractivity contribution in [1.82, 2.24) is 0 Å². The molecule has 0 atom stereocenters. The predicted octanol–water partition coefficient (Wildman–Crippen LogP) is 1.22. The van der Waals surface area contributed by atoms with Crippen molar-refractivity contribution >= 4 is 12.2 Å². The molecule has 104 valence electrons. The molecule has 0 aliphatic carbocycles. The van der Waals surface area contributed by atoms with Crippen LogP contribution in [0.4, 0.5) is 0 Å². The van der Waals surface area contributed by atoms with Crippen molar-refractivity contribution < 1.29 is 24.1 Å². The minimum atomic E-state index is -0.584. The largest absolute Gasteiger partial charge is 0.507 e. The maximum Gasteiger partial charge on any atom is 0.341 e. The van der Waals surface area contributed by atoms with Crippen molar-refractivity contribution in [2.75, 3.05) is 27.9 Å². The van der Waals surface area contributed by atoms with Crippen molar-refractivity contribution in [2.24, 2.45) is 4.99 Å². The van der Waals surface area contributed by atoms with Gasteiger partial charge in [0.05, 0.1) is 13.7 Å². The van der Waals surface area contributed by atoms with Gasteiger partial charge in [-0.25, -0.2) is 4.79 Å². The second kappa shape index (κ2) is 7.50. The number of esters is 1. The Morgan fingerprint density at radius 3 is 2.58 bits per heavy atom. The summed E-state index contributed by atoms with van der Waals surface area (Å²) in [6.07, 6.45) is 1.16. The number of carbonyl (C=O) groups is 1. The highest BCUT2D eigenvalue weighted by Gasteiger charge is 2.11. The Morgan fingerprint density at radius 1 is 1.37 bits per heavy atom. The number of aromatic hydroxyl groups is 1. The average molecular weight is 267 g/mol. The summed E-state index contributed by atoms with van der Waals surface area (Å²) in [7, 11) is 4.31. The van der Waals surface area contributed by atoms with Crippen LogP contribution in [0, 0.1) is 0 Å². The fourth-order valence-electron chi connectivity index (χ4n) is 1.40. The van der Waals surface area contributed by atoms with Gasteiger partial charge in [-0.2, -0.15) is 0 Å². The van der Waals surface area contributed by atoms with E-state index in [0.29, 0.717) is 12.1 Å². The molecule has 0 heterocycles. The summed E-state index contributed by atoms with van der Waals surface area (Å²) in [6, 6.07) is 4.57. The number of phenols is 1. The highest BCUT2D eigenvalue weighted by molar-refractivity contribution is 5.93. The first-order valence-corrected chi connectivity index (χ1v) is 5.59. The zero-order valence-corrected chi connectivity index (χ0v) is 11.1. The lowest BCUT2D eigenvalue weighted by Crippen LogP contribution is -2.16. The summed E-state index contributed by atoms with van der Waals surface area (Å²) in [4.78, 5) is 15.4. The van der Waals surface area contributed by atoms with Crippen LogP contribution in [-0.4, -0.2) is 51.5 Å². The average Bonchev–Trinajstić information content (AvgIpc) is 2.43. The second-order valence-electron chi connectivity index (χ2n) is 3.66. The number of aliphatic imine (C=N–C) groups is 1. The summed E-state index contributed by atoms with van der Waals surface area (Å²) in [5.41, 5.74) is 0.780. The van der Waals surface area contributed by atoms with Gasteiger partial charge in [-0.1, -0.05) is 6.07 Å². The van der Waals surface area contributed by atoms with Crippen LogP contribution >= 0.6 is 0 Å². The Hall–Kier alpha value is -1.92. The molecule has 0 amide bonds. The minimum Gasteiger partial charge on any atom is -0.507 e. The van der Waals surface area contributed by atoms with E-state index in [1.54, 1.807) is 12.3 Å². The van der Waals surface area contributed by atoms with E-state index in [4.69, 9.17) is 9.47 Å². The molecule has 0 saturated heterocycles. The third-order valence-corrected chi connectivity index (χ3v) is 2.45. The van der Waals surface area contributed by atoms with E-state index < -0.39 is 12.3 Å². The molecule has 6 nitrogen and oxygen atoms in total. The van der Waals surface area contributed by atoms with Gasteiger partial charge in [0, 0.05) is 20.4 Å². The van der Waals surface area contributed by atoms with Crippen molar-refractivity contribution in [1.29, 1.82) is 0 Å². The van der Waals surface area contributed by atoms with Crippen molar-refractivity contribution in [2.45, 2.75) is 6.29 Å². The van der Waals surface area contributed by atoms with Crippen LogP contribution in [-0.2, 0) is 14.2 Å². The Labute approximate surface area is 111 Å². The summed E-state index contributed by atoms with van der Waals surface area (Å²) in [5.74, 6) is -0.731. The van der Waals surface area contributed by atoms with E-state index in [2.05, 4.69) is 9.73 Å². The summed E-state index contributed by atoms with van der Waals surface area (Å²) in [6.45, 7) is 0.340. The summed E-state index contributed by atoms with van der Waals surface area (Å²) >= 11 is 0. The first-order chi connectivity index (χ1) is 9.12. The van der Waals surface area contributed by atoms with Crippen molar-refractivity contribution in [3.63, 3.8) is 0 Å². The standard InChI is InChI=1S/C13H17NO5/c1-17-12(18-2)8-14-7-9-4-5-10(11(15)6-9)13(16)19-3/h4-7,12,15H,8H2,1-3H3/b14-7+. The van der Waals surface area contributed by atoms with Crippen LogP contribution < -0.4 is 0 Å². The van der Waals surface area contributed by atoms with Gasteiger partial charge in [-0.3, -0.25) is 4.99 Å². The Bertz CT molecular complexity index is 454. The highest BCUT2D eigenvalue weighted by atomic mass is 16.7. The van der Waals surface area contributed by atoms with Crippen LogP contribution in [0.3, 0.4) is 0 Å². The van der Waals surface area contributed by atoms with Crippen LogP contribution in [0.1, 0.15) is 15.9 Å². The van der Waals surface area contributed by atoms with Crippen molar-refractivity contribution in [3.8, 4) is 5.75 Å². The number of methoxy groups -OCH3 is 3. The van der Waals surface area contributed by atoms with Crippen molar-refractivity contribution in [3.05, 3.63) is 29.3 Å². The minimum absolute atomic E-state index is 0.117. The first kappa shape index (κ1) is 15.1. The molecule has 0 saturated carbocycles. The third kappa shape index (κ3) is 4.35. The Balaban J connectivity index is 2.73. The van der Waals surface area contributed by atoms with Gasteiger partial charge in [0.2, 0.25) is 0 Å². The maximum atomic E-state index is 11.3. The fourth-order valence-corrected chi connectivity index (χ4v) is 1.40. The predicted molar refractivity (Wildman–Crippen MR) is 69.7 cm³/mol. The fraction of sp³-hybridized carbons (Fsp3) is 0.385. The molecular formula is C13H17NO5. The molecule has 0 unspecified atom stereocenters. The molecule has 19 heavy (non-hydrogen) atoms. The topological polar surface area (TPSA) is 77.4 Å². The molecule has 0 fully saturated rings. The molecule has 0 radical (unpaired) electrons. The molecule has 1 aromatic carbocycles. The van der Waals surface area contributed by atoms with E-state index in [9.17, 15) is 9.90 Å². The molecule has 0 bridgehead atoms. The number of ether oxygens (including phenoxy) is 3. The van der Waals surface area contributed by atoms with E-state index in [1.165, 1.54) is 33.5 Å². The van der Waals surface area contributed by atoms with E-state index in [0.717, 1.165) is 0 Å². The van der Waals surface area contributed by atoms with Crippen LogP contribution in [0.2, 0.25) is 0 Å². The van der Waals surface area contributed by atoms with Gasteiger partial charge in [0.25, 0.3) is 0 Å². The molecule has 6 heteroatoms. The molecular weight excluding hydrogens is 250 g/mol. The Morgan fingerprint density at radius 2 is 2.05 bits per heavy atom. The van der Waals surface area contributed by atoms with Gasteiger partial charge in [-0.05, 0) is 17.7 Å². The van der Waals surface area contributed by atoms with Crippen LogP contribution in [0.5, 0.6) is 5.75 Å². The molecule has 1 aromatic rings. The highest BCUT2D eigenvalue weighted by Crippen LogP contribution is 2.18. The molecule has 1 rings (SSSR count). The summed E-state index contributed by atoms with van der Waals surface area (Å²) < 4.78 is 14.5. The number of hydrogen-bond donors (Lipinski definition) is 1. The first-order valence-electron chi connectivity index (χ1n) is 5.59.